The Morgan fingerprint density at radius 1 is 1.22 bits per heavy atom. The lowest BCUT2D eigenvalue weighted by molar-refractivity contribution is -0.135. The minimum atomic E-state index is -0.523. The fourth-order valence-electron chi connectivity index (χ4n) is 1.89. The quantitative estimate of drug-likeness (QED) is 0.727. The van der Waals surface area contributed by atoms with E-state index >= 15 is 0 Å². The second-order valence-electron chi connectivity index (χ2n) is 5.93. The number of rotatable bonds is 6. The summed E-state index contributed by atoms with van der Waals surface area (Å²) in [7, 11) is 5.43. The first-order chi connectivity index (χ1) is 8.11. The van der Waals surface area contributed by atoms with E-state index in [1.807, 2.05) is 46.7 Å². The van der Waals surface area contributed by atoms with Crippen LogP contribution in [0.3, 0.4) is 0 Å². The van der Waals surface area contributed by atoms with Gasteiger partial charge in [-0.1, -0.05) is 13.8 Å². The molecule has 1 unspecified atom stereocenters. The van der Waals surface area contributed by atoms with E-state index in [2.05, 4.69) is 10.6 Å². The van der Waals surface area contributed by atoms with Gasteiger partial charge in [0.1, 0.15) is 6.04 Å². The van der Waals surface area contributed by atoms with Crippen LogP contribution in [0.4, 0.5) is 0 Å². The Morgan fingerprint density at radius 3 is 2.06 bits per heavy atom. The number of amides is 2. The summed E-state index contributed by atoms with van der Waals surface area (Å²) in [5.41, 5.74) is -0.523. The normalized spacial score (nSPS) is 13.6. The highest BCUT2D eigenvalue weighted by Crippen LogP contribution is 2.17. The number of likely N-dealkylation sites (N-methyl/N-ethyl adjacent to an activating group) is 1. The molecule has 5 heteroatoms. The summed E-state index contributed by atoms with van der Waals surface area (Å²) in [4.78, 5) is 25.9. The zero-order valence-electron chi connectivity index (χ0n) is 12.6. The summed E-state index contributed by atoms with van der Waals surface area (Å²) in [5.74, 6) is -0.193. The number of hydrogen-bond donors (Lipinski definition) is 2. The second kappa shape index (κ2) is 6.73. The molecule has 0 bridgehead atoms. The Labute approximate surface area is 110 Å². The van der Waals surface area contributed by atoms with Gasteiger partial charge < -0.3 is 15.5 Å². The van der Waals surface area contributed by atoms with Crippen molar-refractivity contribution in [1.82, 2.24) is 15.5 Å². The topological polar surface area (TPSA) is 61.4 Å². The van der Waals surface area contributed by atoms with Crippen molar-refractivity contribution >= 4 is 11.8 Å². The van der Waals surface area contributed by atoms with Gasteiger partial charge in [0, 0.05) is 13.6 Å². The lowest BCUT2D eigenvalue weighted by Gasteiger charge is -2.30. The van der Waals surface area contributed by atoms with Crippen molar-refractivity contribution in [1.29, 1.82) is 0 Å². The summed E-state index contributed by atoms with van der Waals surface area (Å²) in [6.07, 6.45) is 0. The third kappa shape index (κ3) is 5.04. The van der Waals surface area contributed by atoms with Gasteiger partial charge in [-0.05, 0) is 33.9 Å². The van der Waals surface area contributed by atoms with Crippen LogP contribution in [-0.2, 0) is 9.59 Å². The lowest BCUT2D eigenvalue weighted by Crippen LogP contribution is -2.53. The molecule has 18 heavy (non-hydrogen) atoms. The summed E-state index contributed by atoms with van der Waals surface area (Å²) < 4.78 is 0. The minimum Gasteiger partial charge on any atom is -0.357 e. The van der Waals surface area contributed by atoms with Crippen molar-refractivity contribution in [2.45, 2.75) is 33.7 Å². The Morgan fingerprint density at radius 2 is 1.72 bits per heavy atom. The summed E-state index contributed by atoms with van der Waals surface area (Å²) in [6, 6.07) is -0.482. The molecule has 106 valence electrons. The molecule has 0 spiro atoms. The minimum absolute atomic E-state index is 0.0593. The highest BCUT2D eigenvalue weighted by Gasteiger charge is 2.32. The molecule has 0 aliphatic carbocycles. The van der Waals surface area contributed by atoms with Crippen LogP contribution >= 0.6 is 0 Å². The molecule has 0 aromatic carbocycles. The molecular weight excluding hydrogens is 230 g/mol. The number of carbonyl (C=O) groups is 2. The number of hydrogen-bond acceptors (Lipinski definition) is 3. The Bertz CT molecular complexity index is 299. The van der Waals surface area contributed by atoms with E-state index in [-0.39, 0.29) is 17.7 Å². The fraction of sp³-hybridized carbons (Fsp3) is 0.846. The van der Waals surface area contributed by atoms with Crippen LogP contribution in [-0.4, -0.2) is 50.4 Å². The molecule has 5 nitrogen and oxygen atoms in total. The Kier molecular flexibility index (Phi) is 6.32. The first-order valence-electron chi connectivity index (χ1n) is 6.29. The zero-order valence-corrected chi connectivity index (χ0v) is 12.6. The molecule has 0 fully saturated rings. The van der Waals surface area contributed by atoms with E-state index < -0.39 is 11.5 Å². The van der Waals surface area contributed by atoms with Crippen molar-refractivity contribution in [3.63, 3.8) is 0 Å². The predicted molar refractivity (Wildman–Crippen MR) is 73.2 cm³/mol. The maximum absolute atomic E-state index is 12.2. The fourth-order valence-corrected chi connectivity index (χ4v) is 1.89. The van der Waals surface area contributed by atoms with Crippen LogP contribution in [0, 0.1) is 11.3 Å². The van der Waals surface area contributed by atoms with Crippen LogP contribution in [0.15, 0.2) is 0 Å². The molecule has 0 aromatic heterocycles. The molecular formula is C13H27N3O2. The van der Waals surface area contributed by atoms with Crippen LogP contribution in [0.1, 0.15) is 27.7 Å². The SMILES string of the molecule is CNC(=O)C(NC(=O)C(C)(C)CN(C)C)C(C)C. The van der Waals surface area contributed by atoms with Crippen molar-refractivity contribution in [3.8, 4) is 0 Å². The number of nitrogens with zero attached hydrogens (tertiary/aromatic N) is 1. The van der Waals surface area contributed by atoms with Gasteiger partial charge in [-0.2, -0.15) is 0 Å². The van der Waals surface area contributed by atoms with Gasteiger partial charge in [0.05, 0.1) is 5.41 Å². The first-order valence-corrected chi connectivity index (χ1v) is 6.29. The van der Waals surface area contributed by atoms with Crippen molar-refractivity contribution in [2.24, 2.45) is 11.3 Å². The van der Waals surface area contributed by atoms with Crippen LogP contribution < -0.4 is 10.6 Å². The molecule has 2 N–H and O–H groups in total. The lowest BCUT2D eigenvalue weighted by atomic mass is 9.90. The smallest absolute Gasteiger partial charge is 0.242 e. The second-order valence-corrected chi connectivity index (χ2v) is 5.93. The number of nitrogens with one attached hydrogen (secondary N) is 2. The van der Waals surface area contributed by atoms with Crippen molar-refractivity contribution < 1.29 is 9.59 Å². The summed E-state index contributed by atoms with van der Waals surface area (Å²) >= 11 is 0. The van der Waals surface area contributed by atoms with Gasteiger partial charge in [-0.15, -0.1) is 0 Å². The van der Waals surface area contributed by atoms with E-state index in [0.717, 1.165) is 0 Å². The first kappa shape index (κ1) is 16.9. The molecule has 0 saturated carbocycles. The van der Waals surface area contributed by atoms with Crippen LogP contribution in [0.5, 0.6) is 0 Å². The molecule has 0 aliphatic rings. The predicted octanol–water partition coefficient (Wildman–Crippen LogP) is 0.461. The Balaban J connectivity index is 4.74. The highest BCUT2D eigenvalue weighted by molar-refractivity contribution is 5.89. The Hall–Kier alpha value is -1.10. The molecule has 0 aromatic rings. The number of carbonyl (C=O) groups excluding carboxylic acids is 2. The van der Waals surface area contributed by atoms with Crippen LogP contribution in [0.25, 0.3) is 0 Å². The summed E-state index contributed by atoms with van der Waals surface area (Å²) in [6.45, 7) is 8.22. The van der Waals surface area contributed by atoms with E-state index in [1.54, 1.807) is 7.05 Å². The molecule has 0 radical (unpaired) electrons. The molecule has 2 amide bonds. The average molecular weight is 257 g/mol. The van der Waals surface area contributed by atoms with Gasteiger partial charge in [-0.3, -0.25) is 9.59 Å². The molecule has 0 rings (SSSR count). The third-order valence-electron chi connectivity index (χ3n) is 2.81. The standard InChI is InChI=1S/C13H27N3O2/c1-9(2)10(11(17)14-5)15-12(18)13(3,4)8-16(6)7/h9-10H,8H2,1-7H3,(H,14,17)(H,15,18). The van der Waals surface area contributed by atoms with Gasteiger partial charge in [0.15, 0.2) is 0 Å². The van der Waals surface area contributed by atoms with E-state index in [0.29, 0.717) is 6.54 Å². The van der Waals surface area contributed by atoms with Gasteiger partial charge in [0.2, 0.25) is 11.8 Å². The largest absolute Gasteiger partial charge is 0.357 e. The molecule has 0 heterocycles. The van der Waals surface area contributed by atoms with E-state index in [9.17, 15) is 9.59 Å². The average Bonchev–Trinajstić information content (AvgIpc) is 2.22. The van der Waals surface area contributed by atoms with E-state index in [4.69, 9.17) is 0 Å². The van der Waals surface area contributed by atoms with Gasteiger partial charge >= 0.3 is 0 Å². The maximum atomic E-state index is 12.2. The van der Waals surface area contributed by atoms with Crippen molar-refractivity contribution in [2.75, 3.05) is 27.7 Å². The zero-order chi connectivity index (χ0) is 14.5. The van der Waals surface area contributed by atoms with Crippen LogP contribution in [0.2, 0.25) is 0 Å². The molecule has 0 aliphatic heterocycles. The van der Waals surface area contributed by atoms with Gasteiger partial charge in [0.25, 0.3) is 0 Å². The van der Waals surface area contributed by atoms with Gasteiger partial charge in [-0.25, -0.2) is 0 Å². The summed E-state index contributed by atoms with van der Waals surface area (Å²) in [5, 5.41) is 5.42. The third-order valence-corrected chi connectivity index (χ3v) is 2.81. The highest BCUT2D eigenvalue weighted by atomic mass is 16.2. The monoisotopic (exact) mass is 257 g/mol. The van der Waals surface area contributed by atoms with E-state index in [1.165, 1.54) is 0 Å². The molecule has 1 atom stereocenters. The molecule has 0 saturated heterocycles. The maximum Gasteiger partial charge on any atom is 0.242 e. The van der Waals surface area contributed by atoms with Crippen molar-refractivity contribution in [3.05, 3.63) is 0 Å².